The van der Waals surface area contributed by atoms with E-state index in [4.69, 9.17) is 0 Å². The van der Waals surface area contributed by atoms with E-state index in [0.29, 0.717) is 5.75 Å². The van der Waals surface area contributed by atoms with Crippen molar-refractivity contribution in [2.24, 2.45) is 0 Å². The van der Waals surface area contributed by atoms with Gasteiger partial charge in [-0.3, -0.25) is 0 Å². The summed E-state index contributed by atoms with van der Waals surface area (Å²) in [7, 11) is 1.89. The van der Waals surface area contributed by atoms with Crippen LogP contribution in [0.4, 0.5) is 13.2 Å². The maximum absolute atomic E-state index is 11.9. The lowest BCUT2D eigenvalue weighted by molar-refractivity contribution is -0.0326. The van der Waals surface area contributed by atoms with Gasteiger partial charge in [0.25, 0.3) is 0 Å². The highest BCUT2D eigenvalue weighted by Gasteiger charge is 2.27. The van der Waals surface area contributed by atoms with Gasteiger partial charge in [-0.1, -0.05) is 23.9 Å². The second kappa shape index (κ2) is 7.31. The Kier molecular flexibility index (Phi) is 6.38. The van der Waals surface area contributed by atoms with Gasteiger partial charge in [-0.05, 0) is 31.7 Å². The number of hydrogen-bond donors (Lipinski definition) is 1. The Morgan fingerprint density at radius 2 is 1.78 bits per heavy atom. The Hall–Kier alpha value is -0.330. The fourth-order valence-corrected chi connectivity index (χ4v) is 2.80. The standard InChI is InChI=1S/C12H16F3NS2/c1-9(16-2)10-3-5-11(6-4-10)17-7-8-18-12(13,14)15/h3-6,9,16H,7-8H2,1-2H3. The van der Waals surface area contributed by atoms with E-state index in [2.05, 4.69) is 12.2 Å². The van der Waals surface area contributed by atoms with Crippen molar-refractivity contribution in [2.75, 3.05) is 18.6 Å². The Bertz CT molecular complexity index is 351. The average molecular weight is 295 g/mol. The highest BCUT2D eigenvalue weighted by atomic mass is 32.2. The van der Waals surface area contributed by atoms with E-state index in [1.54, 1.807) is 0 Å². The monoisotopic (exact) mass is 295 g/mol. The van der Waals surface area contributed by atoms with Crippen LogP contribution in [0.15, 0.2) is 29.2 Å². The van der Waals surface area contributed by atoms with Gasteiger partial charge in [0.1, 0.15) is 0 Å². The molecule has 1 N–H and O–H groups in total. The summed E-state index contributed by atoms with van der Waals surface area (Å²) in [4.78, 5) is 1.00. The third-order valence-corrected chi connectivity index (χ3v) is 4.44. The highest BCUT2D eigenvalue weighted by molar-refractivity contribution is 8.03. The molecule has 1 nitrogen and oxygen atoms in total. The Morgan fingerprint density at radius 1 is 1.17 bits per heavy atom. The third kappa shape index (κ3) is 6.02. The van der Waals surface area contributed by atoms with Gasteiger partial charge in [0.2, 0.25) is 0 Å². The first kappa shape index (κ1) is 15.7. The molecule has 0 bridgehead atoms. The molecule has 1 aromatic carbocycles. The maximum atomic E-state index is 11.9. The van der Waals surface area contributed by atoms with Gasteiger partial charge < -0.3 is 5.32 Å². The number of hydrogen-bond acceptors (Lipinski definition) is 3. The number of halogens is 3. The molecule has 1 unspecified atom stereocenters. The van der Waals surface area contributed by atoms with Crippen molar-refractivity contribution in [1.29, 1.82) is 0 Å². The minimum atomic E-state index is -4.12. The van der Waals surface area contributed by atoms with Gasteiger partial charge in [-0.2, -0.15) is 13.2 Å². The zero-order chi connectivity index (χ0) is 13.6. The second-order valence-corrected chi connectivity index (χ2v) is 6.05. The third-order valence-electron chi connectivity index (χ3n) is 2.43. The van der Waals surface area contributed by atoms with E-state index in [1.807, 2.05) is 31.3 Å². The normalized spacial score (nSPS) is 13.6. The Morgan fingerprint density at radius 3 is 2.28 bits per heavy atom. The van der Waals surface area contributed by atoms with E-state index in [1.165, 1.54) is 17.3 Å². The predicted octanol–water partition coefficient (Wildman–Crippen LogP) is 4.31. The molecule has 0 aliphatic carbocycles. The van der Waals surface area contributed by atoms with Crippen LogP contribution in [0.3, 0.4) is 0 Å². The summed E-state index contributed by atoms with van der Waals surface area (Å²) < 4.78 is 35.7. The molecule has 6 heteroatoms. The first-order valence-electron chi connectivity index (χ1n) is 5.53. The SMILES string of the molecule is CNC(C)c1ccc(SCCSC(F)(F)F)cc1. The fourth-order valence-electron chi connectivity index (χ4n) is 1.34. The average Bonchev–Trinajstić information content (AvgIpc) is 2.33. The summed E-state index contributed by atoms with van der Waals surface area (Å²) in [5.74, 6) is 0.550. The lowest BCUT2D eigenvalue weighted by Crippen LogP contribution is -2.11. The van der Waals surface area contributed by atoms with Crippen LogP contribution in [-0.4, -0.2) is 24.1 Å². The quantitative estimate of drug-likeness (QED) is 0.620. The largest absolute Gasteiger partial charge is 0.441 e. The van der Waals surface area contributed by atoms with E-state index in [9.17, 15) is 13.2 Å². The summed E-state index contributed by atoms with van der Waals surface area (Å²) >= 11 is 1.48. The summed E-state index contributed by atoms with van der Waals surface area (Å²) in [6, 6.07) is 8.18. The molecule has 18 heavy (non-hydrogen) atoms. The molecular formula is C12H16F3NS2. The smallest absolute Gasteiger partial charge is 0.313 e. The van der Waals surface area contributed by atoms with E-state index >= 15 is 0 Å². The van der Waals surface area contributed by atoms with Crippen LogP contribution in [0.1, 0.15) is 18.5 Å². The van der Waals surface area contributed by atoms with Gasteiger partial charge in [0.05, 0.1) is 0 Å². The summed E-state index contributed by atoms with van der Waals surface area (Å²) in [6.07, 6.45) is 0. The molecule has 0 spiro atoms. The second-order valence-electron chi connectivity index (χ2n) is 3.72. The molecule has 102 valence electrons. The van der Waals surface area contributed by atoms with Crippen LogP contribution in [0.5, 0.6) is 0 Å². The first-order chi connectivity index (χ1) is 8.42. The molecule has 1 aromatic rings. The van der Waals surface area contributed by atoms with Crippen molar-refractivity contribution in [3.05, 3.63) is 29.8 Å². The zero-order valence-corrected chi connectivity index (χ0v) is 11.9. The van der Waals surface area contributed by atoms with Crippen LogP contribution in [0.25, 0.3) is 0 Å². The topological polar surface area (TPSA) is 12.0 Å². The van der Waals surface area contributed by atoms with Gasteiger partial charge in [0.15, 0.2) is 0 Å². The van der Waals surface area contributed by atoms with Crippen LogP contribution in [0.2, 0.25) is 0 Å². The van der Waals surface area contributed by atoms with Crippen molar-refractivity contribution in [1.82, 2.24) is 5.32 Å². The van der Waals surface area contributed by atoms with Crippen molar-refractivity contribution < 1.29 is 13.2 Å². The minimum Gasteiger partial charge on any atom is -0.313 e. The fraction of sp³-hybridized carbons (Fsp3) is 0.500. The number of rotatable bonds is 6. The first-order valence-corrected chi connectivity index (χ1v) is 7.50. The lowest BCUT2D eigenvalue weighted by Gasteiger charge is -2.11. The molecule has 0 aliphatic heterocycles. The molecular weight excluding hydrogens is 279 g/mol. The molecule has 1 atom stereocenters. The Labute approximate surface area is 114 Å². The number of benzene rings is 1. The van der Waals surface area contributed by atoms with Crippen molar-refractivity contribution in [3.63, 3.8) is 0 Å². The minimum absolute atomic E-state index is 0.0337. The van der Waals surface area contributed by atoms with Crippen LogP contribution in [0, 0.1) is 0 Å². The van der Waals surface area contributed by atoms with E-state index in [0.717, 1.165) is 4.90 Å². The predicted molar refractivity (Wildman–Crippen MR) is 73.2 cm³/mol. The number of thioether (sulfide) groups is 2. The van der Waals surface area contributed by atoms with E-state index < -0.39 is 5.51 Å². The van der Waals surface area contributed by atoms with Crippen molar-refractivity contribution in [2.45, 2.75) is 23.4 Å². The molecule has 0 fully saturated rings. The Balaban J connectivity index is 2.35. The van der Waals surface area contributed by atoms with Crippen LogP contribution in [-0.2, 0) is 0 Å². The molecule has 0 saturated heterocycles. The summed E-state index contributed by atoms with van der Waals surface area (Å²) in [6.45, 7) is 2.06. The van der Waals surface area contributed by atoms with Crippen molar-refractivity contribution >= 4 is 23.5 Å². The molecule has 0 aliphatic rings. The van der Waals surface area contributed by atoms with E-state index in [-0.39, 0.29) is 23.6 Å². The van der Waals surface area contributed by atoms with Gasteiger partial charge in [-0.15, -0.1) is 11.8 Å². The van der Waals surface area contributed by atoms with Gasteiger partial charge in [-0.25, -0.2) is 0 Å². The van der Waals surface area contributed by atoms with Gasteiger partial charge in [0, 0.05) is 22.4 Å². The van der Waals surface area contributed by atoms with Crippen molar-refractivity contribution in [3.8, 4) is 0 Å². The molecule has 1 rings (SSSR count). The number of nitrogens with one attached hydrogen (secondary N) is 1. The molecule has 0 saturated carbocycles. The van der Waals surface area contributed by atoms with Gasteiger partial charge >= 0.3 is 5.51 Å². The summed E-state index contributed by atoms with van der Waals surface area (Å²) in [5.41, 5.74) is -2.95. The lowest BCUT2D eigenvalue weighted by atomic mass is 10.1. The molecule has 0 radical (unpaired) electrons. The zero-order valence-electron chi connectivity index (χ0n) is 10.3. The maximum Gasteiger partial charge on any atom is 0.441 e. The number of alkyl halides is 3. The van der Waals surface area contributed by atoms with Crippen LogP contribution >= 0.6 is 23.5 Å². The molecule has 0 aromatic heterocycles. The molecule has 0 amide bonds. The molecule has 0 heterocycles. The van der Waals surface area contributed by atoms with Crippen LogP contribution < -0.4 is 5.32 Å². The highest BCUT2D eigenvalue weighted by Crippen LogP contribution is 2.31. The summed E-state index contributed by atoms with van der Waals surface area (Å²) in [5, 5.41) is 3.13.